The van der Waals surface area contributed by atoms with Gasteiger partial charge in [0.2, 0.25) is 0 Å². The van der Waals surface area contributed by atoms with Gasteiger partial charge in [0.15, 0.2) is 0 Å². The monoisotopic (exact) mass is 353 g/mol. The first-order valence-corrected chi connectivity index (χ1v) is 8.35. The molecule has 1 aromatic carbocycles. The fraction of sp³-hybridized carbons (Fsp3) is 0.600. The van der Waals surface area contributed by atoms with Crippen molar-refractivity contribution in [3.05, 3.63) is 32.8 Å². The van der Waals surface area contributed by atoms with Gasteiger partial charge in [0, 0.05) is 29.7 Å². The van der Waals surface area contributed by atoms with Gasteiger partial charge in [-0.1, -0.05) is 15.9 Å². The van der Waals surface area contributed by atoms with Gasteiger partial charge >= 0.3 is 0 Å². The maximum Gasteiger partial charge on any atom is 0.292 e. The van der Waals surface area contributed by atoms with Crippen LogP contribution >= 0.6 is 15.9 Å². The smallest absolute Gasteiger partial charge is 0.292 e. The van der Waals surface area contributed by atoms with Crippen molar-refractivity contribution in [2.24, 2.45) is 5.92 Å². The molecule has 1 N–H and O–H groups in total. The summed E-state index contributed by atoms with van der Waals surface area (Å²) in [5.74, 6) is 0.897. The van der Waals surface area contributed by atoms with Crippen molar-refractivity contribution in [3.8, 4) is 0 Å². The molecular formula is C15H20BrN3O2. The van der Waals surface area contributed by atoms with Gasteiger partial charge in [0.25, 0.3) is 5.69 Å². The molecule has 2 fully saturated rings. The number of benzene rings is 1. The average Bonchev–Trinajstić information content (AvgIpc) is 3.29. The van der Waals surface area contributed by atoms with Gasteiger partial charge in [-0.25, -0.2) is 0 Å². The van der Waals surface area contributed by atoms with E-state index in [1.54, 1.807) is 12.1 Å². The van der Waals surface area contributed by atoms with Crippen molar-refractivity contribution < 1.29 is 4.92 Å². The van der Waals surface area contributed by atoms with Crippen LogP contribution in [0, 0.1) is 16.0 Å². The standard InChI is InChI=1S/C15H20BrN3O2/c16-12-3-4-14(19(20)21)15(9-12)18-7-5-13(6-8-18)17-10-11-1-2-11/h3-4,9,11,13,17H,1-2,5-8,10H2. The summed E-state index contributed by atoms with van der Waals surface area (Å²) in [5, 5.41) is 14.8. The van der Waals surface area contributed by atoms with Crippen molar-refractivity contribution in [1.29, 1.82) is 0 Å². The molecule has 1 aliphatic carbocycles. The largest absolute Gasteiger partial charge is 0.366 e. The highest BCUT2D eigenvalue weighted by atomic mass is 79.9. The van der Waals surface area contributed by atoms with Gasteiger partial charge in [0.1, 0.15) is 5.69 Å². The second-order valence-electron chi connectivity index (χ2n) is 6.00. The maximum atomic E-state index is 11.2. The number of rotatable bonds is 5. The van der Waals surface area contributed by atoms with Crippen molar-refractivity contribution in [2.45, 2.75) is 31.7 Å². The van der Waals surface area contributed by atoms with E-state index in [0.29, 0.717) is 6.04 Å². The zero-order chi connectivity index (χ0) is 14.8. The van der Waals surface area contributed by atoms with Crippen LogP contribution in [0.1, 0.15) is 25.7 Å². The molecule has 6 heteroatoms. The minimum atomic E-state index is -0.292. The SMILES string of the molecule is O=[N+]([O-])c1ccc(Br)cc1N1CCC(NCC2CC2)CC1. The fourth-order valence-corrected chi connectivity index (χ4v) is 3.23. The van der Waals surface area contributed by atoms with Gasteiger partial charge in [-0.05, 0) is 50.3 Å². The molecule has 1 saturated heterocycles. The maximum absolute atomic E-state index is 11.2. The molecule has 3 rings (SSSR count). The lowest BCUT2D eigenvalue weighted by atomic mass is 10.0. The van der Waals surface area contributed by atoms with Crippen LogP contribution in [0.3, 0.4) is 0 Å². The molecule has 0 spiro atoms. The van der Waals surface area contributed by atoms with Gasteiger partial charge in [-0.15, -0.1) is 0 Å². The third-order valence-electron chi connectivity index (χ3n) is 4.36. The van der Waals surface area contributed by atoms with Crippen LogP contribution in [0.25, 0.3) is 0 Å². The molecule has 0 unspecified atom stereocenters. The molecule has 1 aliphatic heterocycles. The fourth-order valence-electron chi connectivity index (χ4n) is 2.88. The minimum Gasteiger partial charge on any atom is -0.366 e. The molecule has 0 amide bonds. The third-order valence-corrected chi connectivity index (χ3v) is 4.86. The second kappa shape index (κ2) is 6.32. The Hall–Kier alpha value is -1.14. The second-order valence-corrected chi connectivity index (χ2v) is 6.92. The van der Waals surface area contributed by atoms with Crippen molar-refractivity contribution >= 4 is 27.3 Å². The van der Waals surface area contributed by atoms with Crippen molar-refractivity contribution in [2.75, 3.05) is 24.5 Å². The van der Waals surface area contributed by atoms with Crippen LogP contribution in [-0.2, 0) is 0 Å². The molecule has 1 aromatic rings. The lowest BCUT2D eigenvalue weighted by Crippen LogP contribution is -2.43. The van der Waals surface area contributed by atoms with Crippen LogP contribution in [-0.4, -0.2) is 30.6 Å². The van der Waals surface area contributed by atoms with Gasteiger partial charge in [-0.3, -0.25) is 10.1 Å². The predicted molar refractivity (Wildman–Crippen MR) is 86.8 cm³/mol. The Morgan fingerprint density at radius 1 is 1.29 bits per heavy atom. The molecule has 1 heterocycles. The zero-order valence-corrected chi connectivity index (χ0v) is 13.5. The number of nitrogens with one attached hydrogen (secondary N) is 1. The summed E-state index contributed by atoms with van der Waals surface area (Å²) < 4.78 is 0.886. The number of nitro groups is 1. The average molecular weight is 354 g/mol. The molecule has 2 aliphatic rings. The summed E-state index contributed by atoms with van der Waals surface area (Å²) in [4.78, 5) is 13.0. The third kappa shape index (κ3) is 3.74. The number of hydrogen-bond acceptors (Lipinski definition) is 4. The van der Waals surface area contributed by atoms with Crippen LogP contribution in [0.5, 0.6) is 0 Å². The number of nitro benzene ring substituents is 1. The van der Waals surface area contributed by atoms with Gasteiger partial charge in [-0.2, -0.15) is 0 Å². The van der Waals surface area contributed by atoms with E-state index in [1.807, 2.05) is 6.07 Å². The first-order valence-electron chi connectivity index (χ1n) is 7.56. The van der Waals surface area contributed by atoms with Crippen molar-refractivity contribution in [3.63, 3.8) is 0 Å². The number of nitrogens with zero attached hydrogens (tertiary/aromatic N) is 2. The molecule has 0 radical (unpaired) electrons. The lowest BCUT2D eigenvalue weighted by Gasteiger charge is -2.33. The van der Waals surface area contributed by atoms with Crippen LogP contribution < -0.4 is 10.2 Å². The molecule has 1 saturated carbocycles. The highest BCUT2D eigenvalue weighted by Crippen LogP contribution is 2.33. The number of anilines is 1. The Bertz CT molecular complexity index is 526. The number of hydrogen-bond donors (Lipinski definition) is 1. The highest BCUT2D eigenvalue weighted by Gasteiger charge is 2.27. The first kappa shape index (κ1) is 14.8. The van der Waals surface area contributed by atoms with Gasteiger partial charge < -0.3 is 10.2 Å². The van der Waals surface area contributed by atoms with E-state index in [1.165, 1.54) is 12.8 Å². The molecule has 0 atom stereocenters. The number of piperidine rings is 1. The molecule has 21 heavy (non-hydrogen) atoms. The van der Waals surface area contributed by atoms with E-state index in [0.717, 1.165) is 48.6 Å². The first-order chi connectivity index (χ1) is 10.1. The Balaban J connectivity index is 1.63. The Morgan fingerprint density at radius 2 is 2.00 bits per heavy atom. The Kier molecular flexibility index (Phi) is 4.45. The molecule has 114 valence electrons. The lowest BCUT2D eigenvalue weighted by molar-refractivity contribution is -0.384. The normalized spacial score (nSPS) is 19.8. The predicted octanol–water partition coefficient (Wildman–Crippen LogP) is 3.33. The van der Waals surface area contributed by atoms with E-state index >= 15 is 0 Å². The van der Waals surface area contributed by atoms with E-state index in [-0.39, 0.29) is 10.6 Å². The highest BCUT2D eigenvalue weighted by molar-refractivity contribution is 9.10. The van der Waals surface area contributed by atoms with Crippen LogP contribution in [0.2, 0.25) is 0 Å². The summed E-state index contributed by atoms with van der Waals surface area (Å²) in [7, 11) is 0. The minimum absolute atomic E-state index is 0.197. The van der Waals surface area contributed by atoms with E-state index in [9.17, 15) is 10.1 Å². The van der Waals surface area contributed by atoms with Gasteiger partial charge in [0.05, 0.1) is 4.92 Å². The summed E-state index contributed by atoms with van der Waals surface area (Å²) in [6.45, 7) is 2.89. The summed E-state index contributed by atoms with van der Waals surface area (Å²) in [6.07, 6.45) is 4.85. The van der Waals surface area contributed by atoms with E-state index in [4.69, 9.17) is 0 Å². The number of halogens is 1. The Morgan fingerprint density at radius 3 is 2.62 bits per heavy atom. The summed E-state index contributed by atoms with van der Waals surface area (Å²) in [5.41, 5.74) is 0.928. The molecular weight excluding hydrogens is 334 g/mol. The quantitative estimate of drug-likeness (QED) is 0.651. The topological polar surface area (TPSA) is 58.4 Å². The molecule has 0 aromatic heterocycles. The van der Waals surface area contributed by atoms with E-state index < -0.39 is 0 Å². The molecule has 0 bridgehead atoms. The van der Waals surface area contributed by atoms with Crippen LogP contribution in [0.15, 0.2) is 22.7 Å². The Labute approximate surface area is 133 Å². The van der Waals surface area contributed by atoms with E-state index in [2.05, 4.69) is 26.1 Å². The van der Waals surface area contributed by atoms with Crippen LogP contribution in [0.4, 0.5) is 11.4 Å². The zero-order valence-electron chi connectivity index (χ0n) is 11.9. The summed E-state index contributed by atoms with van der Waals surface area (Å²) >= 11 is 3.41. The summed E-state index contributed by atoms with van der Waals surface area (Å²) in [6, 6.07) is 5.73. The molecule has 5 nitrogen and oxygen atoms in total. The van der Waals surface area contributed by atoms with Crippen molar-refractivity contribution in [1.82, 2.24) is 5.32 Å².